The van der Waals surface area contributed by atoms with E-state index in [1.807, 2.05) is 0 Å². The van der Waals surface area contributed by atoms with E-state index < -0.39 is 12.6 Å². The molecule has 0 heterocycles. The van der Waals surface area contributed by atoms with Crippen LogP contribution in [0.5, 0.6) is 0 Å². The molecule has 1 rings (SSSR count). The van der Waals surface area contributed by atoms with Crippen molar-refractivity contribution in [1.82, 2.24) is 0 Å². The summed E-state index contributed by atoms with van der Waals surface area (Å²) in [5.41, 5.74) is 1.36. The highest BCUT2D eigenvalue weighted by Gasteiger charge is 2.25. The lowest BCUT2D eigenvalue weighted by Gasteiger charge is -2.10. The third kappa shape index (κ3) is 4.51. The summed E-state index contributed by atoms with van der Waals surface area (Å²) in [6.45, 7) is 1.93. The van der Waals surface area contributed by atoms with E-state index in [1.165, 1.54) is 18.2 Å². The van der Waals surface area contributed by atoms with Crippen LogP contribution in [0, 0.1) is 12.7 Å². The summed E-state index contributed by atoms with van der Waals surface area (Å²) in [5.74, 6) is -0.349. The zero-order valence-corrected chi connectivity index (χ0v) is 8.87. The number of benzene rings is 1. The zero-order chi connectivity index (χ0) is 12.2. The molecule has 0 aliphatic carbocycles. The molecule has 0 radical (unpaired) electrons. The van der Waals surface area contributed by atoms with Gasteiger partial charge in [0.05, 0.1) is 0 Å². The number of aryl methyl sites for hydroxylation is 1. The number of alkyl halides is 3. The fraction of sp³-hybridized carbons (Fsp3) is 0.455. The maximum absolute atomic E-state index is 12.7. The van der Waals surface area contributed by atoms with Crippen LogP contribution in [0.3, 0.4) is 0 Å². The van der Waals surface area contributed by atoms with Gasteiger partial charge in [-0.2, -0.15) is 13.2 Å². The first-order valence-electron chi connectivity index (χ1n) is 4.95. The second-order valence-electron chi connectivity index (χ2n) is 3.60. The predicted molar refractivity (Wildman–Crippen MR) is 54.9 cm³/mol. The third-order valence-corrected chi connectivity index (χ3v) is 2.14. The number of nitrogens with one attached hydrogen (secondary N) is 1. The first-order valence-corrected chi connectivity index (χ1v) is 4.95. The molecule has 0 aromatic heterocycles. The number of rotatable bonds is 4. The Labute approximate surface area is 91.5 Å². The second kappa shape index (κ2) is 5.18. The minimum Gasteiger partial charge on any atom is -0.385 e. The van der Waals surface area contributed by atoms with Crippen molar-refractivity contribution in [3.8, 4) is 0 Å². The first-order chi connectivity index (χ1) is 7.38. The van der Waals surface area contributed by atoms with Gasteiger partial charge in [0, 0.05) is 18.7 Å². The van der Waals surface area contributed by atoms with E-state index in [-0.39, 0.29) is 18.8 Å². The molecular weight excluding hydrogens is 222 g/mol. The Balaban J connectivity index is 2.38. The van der Waals surface area contributed by atoms with Crippen molar-refractivity contribution in [1.29, 1.82) is 0 Å². The van der Waals surface area contributed by atoms with Crippen molar-refractivity contribution < 1.29 is 17.6 Å². The van der Waals surface area contributed by atoms with Crippen LogP contribution < -0.4 is 5.32 Å². The molecule has 0 fully saturated rings. The maximum Gasteiger partial charge on any atom is 0.389 e. The summed E-state index contributed by atoms with van der Waals surface area (Å²) in [7, 11) is 0. The summed E-state index contributed by atoms with van der Waals surface area (Å²) < 4.78 is 48.2. The van der Waals surface area contributed by atoms with E-state index in [0.717, 1.165) is 0 Å². The van der Waals surface area contributed by atoms with E-state index in [1.54, 1.807) is 6.92 Å². The van der Waals surface area contributed by atoms with Crippen molar-refractivity contribution in [3.63, 3.8) is 0 Å². The molecule has 1 aromatic rings. The van der Waals surface area contributed by atoms with Crippen LogP contribution in [0.25, 0.3) is 0 Å². The minimum atomic E-state index is -4.11. The monoisotopic (exact) mass is 235 g/mol. The number of halogens is 4. The summed E-state index contributed by atoms with van der Waals surface area (Å²) >= 11 is 0. The highest BCUT2D eigenvalue weighted by atomic mass is 19.4. The van der Waals surface area contributed by atoms with Crippen molar-refractivity contribution in [2.75, 3.05) is 11.9 Å². The molecule has 1 aromatic carbocycles. The Morgan fingerprint density at radius 2 is 1.94 bits per heavy atom. The third-order valence-electron chi connectivity index (χ3n) is 2.14. The van der Waals surface area contributed by atoms with Crippen molar-refractivity contribution >= 4 is 5.69 Å². The molecule has 0 atom stereocenters. The molecule has 0 saturated heterocycles. The normalized spacial score (nSPS) is 11.6. The fourth-order valence-corrected chi connectivity index (χ4v) is 1.34. The first kappa shape index (κ1) is 12.8. The van der Waals surface area contributed by atoms with Crippen LogP contribution in [-0.4, -0.2) is 12.7 Å². The molecule has 0 unspecified atom stereocenters. The van der Waals surface area contributed by atoms with Crippen LogP contribution in [0.15, 0.2) is 18.2 Å². The molecule has 0 spiro atoms. The molecule has 16 heavy (non-hydrogen) atoms. The molecule has 0 saturated carbocycles. The summed E-state index contributed by atoms with van der Waals surface area (Å²) in [4.78, 5) is 0. The Hall–Kier alpha value is -1.26. The molecule has 5 heteroatoms. The Morgan fingerprint density at radius 3 is 2.50 bits per heavy atom. The van der Waals surface area contributed by atoms with Crippen LogP contribution in [0.2, 0.25) is 0 Å². The van der Waals surface area contributed by atoms with Gasteiger partial charge in [0.1, 0.15) is 5.82 Å². The quantitative estimate of drug-likeness (QED) is 0.616. The smallest absolute Gasteiger partial charge is 0.385 e. The Bertz CT molecular complexity index is 346. The van der Waals surface area contributed by atoms with Gasteiger partial charge in [-0.1, -0.05) is 0 Å². The SMILES string of the molecule is Cc1cc(F)ccc1NCCCC(F)(F)F. The lowest BCUT2D eigenvalue weighted by atomic mass is 10.2. The Morgan fingerprint density at radius 1 is 1.25 bits per heavy atom. The van der Waals surface area contributed by atoms with Gasteiger partial charge in [-0.05, 0) is 37.1 Å². The van der Waals surface area contributed by atoms with Gasteiger partial charge >= 0.3 is 6.18 Å². The van der Waals surface area contributed by atoms with Gasteiger partial charge in [-0.3, -0.25) is 0 Å². The number of anilines is 1. The van der Waals surface area contributed by atoms with E-state index in [4.69, 9.17) is 0 Å². The molecule has 1 nitrogen and oxygen atoms in total. The largest absolute Gasteiger partial charge is 0.389 e. The lowest BCUT2D eigenvalue weighted by molar-refractivity contribution is -0.134. The number of hydrogen-bond acceptors (Lipinski definition) is 1. The molecule has 0 aliphatic heterocycles. The average molecular weight is 235 g/mol. The topological polar surface area (TPSA) is 12.0 Å². The number of hydrogen-bond donors (Lipinski definition) is 1. The van der Waals surface area contributed by atoms with E-state index >= 15 is 0 Å². The van der Waals surface area contributed by atoms with Crippen molar-refractivity contribution in [2.24, 2.45) is 0 Å². The highest BCUT2D eigenvalue weighted by molar-refractivity contribution is 5.50. The van der Waals surface area contributed by atoms with Gasteiger partial charge in [0.15, 0.2) is 0 Å². The van der Waals surface area contributed by atoms with Gasteiger partial charge in [0.2, 0.25) is 0 Å². The molecule has 1 N–H and O–H groups in total. The van der Waals surface area contributed by atoms with Gasteiger partial charge in [0.25, 0.3) is 0 Å². The summed E-state index contributed by atoms with van der Waals surface area (Å²) in [5, 5.41) is 2.85. The maximum atomic E-state index is 12.7. The van der Waals surface area contributed by atoms with E-state index in [2.05, 4.69) is 5.32 Å². The molecule has 90 valence electrons. The highest BCUT2D eigenvalue weighted by Crippen LogP contribution is 2.21. The van der Waals surface area contributed by atoms with E-state index in [9.17, 15) is 17.6 Å². The van der Waals surface area contributed by atoms with Gasteiger partial charge < -0.3 is 5.32 Å². The standard InChI is InChI=1S/C11H13F4N/c1-8-7-9(12)3-4-10(8)16-6-2-5-11(13,14)15/h3-4,7,16H,2,5-6H2,1H3. The predicted octanol–water partition coefficient (Wildman–Crippen LogP) is 3.89. The molecular formula is C11H13F4N. The Kier molecular flexibility index (Phi) is 4.15. The van der Waals surface area contributed by atoms with Crippen LogP contribution in [0.4, 0.5) is 23.2 Å². The van der Waals surface area contributed by atoms with Crippen LogP contribution >= 0.6 is 0 Å². The molecule has 0 amide bonds. The van der Waals surface area contributed by atoms with Gasteiger partial charge in [-0.25, -0.2) is 4.39 Å². The fourth-order valence-electron chi connectivity index (χ4n) is 1.34. The lowest BCUT2D eigenvalue weighted by Crippen LogP contribution is -2.11. The summed E-state index contributed by atoms with van der Waals surface area (Å²) in [6, 6.07) is 4.14. The van der Waals surface area contributed by atoms with Crippen molar-refractivity contribution in [3.05, 3.63) is 29.6 Å². The van der Waals surface area contributed by atoms with E-state index in [0.29, 0.717) is 11.3 Å². The van der Waals surface area contributed by atoms with Crippen LogP contribution in [0.1, 0.15) is 18.4 Å². The summed E-state index contributed by atoms with van der Waals surface area (Å²) in [6.07, 6.45) is -4.90. The molecule has 0 aliphatic rings. The van der Waals surface area contributed by atoms with Crippen LogP contribution in [-0.2, 0) is 0 Å². The van der Waals surface area contributed by atoms with Crippen molar-refractivity contribution in [2.45, 2.75) is 25.9 Å². The van der Waals surface area contributed by atoms with Gasteiger partial charge in [-0.15, -0.1) is 0 Å². The minimum absolute atomic E-state index is 0.0142. The second-order valence-corrected chi connectivity index (χ2v) is 3.60. The zero-order valence-electron chi connectivity index (χ0n) is 8.87. The average Bonchev–Trinajstić information content (AvgIpc) is 2.13. The molecule has 0 bridgehead atoms.